The van der Waals surface area contributed by atoms with Crippen LogP contribution in [0.1, 0.15) is 30.9 Å². The van der Waals surface area contributed by atoms with Crippen molar-refractivity contribution in [3.63, 3.8) is 0 Å². The Morgan fingerprint density at radius 3 is 2.93 bits per heavy atom. The van der Waals surface area contributed by atoms with E-state index in [0.717, 1.165) is 17.7 Å². The summed E-state index contributed by atoms with van der Waals surface area (Å²) in [5, 5.41) is 33.4. The molecule has 3 N–H and O–H groups in total. The summed E-state index contributed by atoms with van der Waals surface area (Å²) < 4.78 is 6.05. The number of carbonyl (C=O) groups excluding carboxylic acids is 1. The van der Waals surface area contributed by atoms with Gasteiger partial charge >= 0.3 is 0 Å². The van der Waals surface area contributed by atoms with E-state index in [1.807, 2.05) is 12.1 Å². The van der Waals surface area contributed by atoms with Crippen LogP contribution in [0.15, 0.2) is 36.1 Å². The molecule has 27 heavy (non-hydrogen) atoms. The fraction of sp³-hybridized carbons (Fsp3) is 0.476. The molecule has 2 aliphatic heterocycles. The minimum absolute atomic E-state index is 0.00372. The third-order valence-electron chi connectivity index (χ3n) is 7.12. The number of aromatic hydroxyl groups is 1. The van der Waals surface area contributed by atoms with Gasteiger partial charge < -0.3 is 20.1 Å². The highest BCUT2D eigenvalue weighted by Crippen LogP contribution is 2.65. The lowest BCUT2D eigenvalue weighted by molar-refractivity contribution is -0.169. The monoisotopic (exact) mass is 369 g/mol. The van der Waals surface area contributed by atoms with Gasteiger partial charge in [-0.3, -0.25) is 9.69 Å². The van der Waals surface area contributed by atoms with E-state index in [0.29, 0.717) is 25.1 Å². The molecule has 4 aliphatic rings. The van der Waals surface area contributed by atoms with Crippen molar-refractivity contribution in [1.82, 2.24) is 4.90 Å². The van der Waals surface area contributed by atoms with E-state index >= 15 is 0 Å². The van der Waals surface area contributed by atoms with Crippen molar-refractivity contribution >= 4 is 5.78 Å². The van der Waals surface area contributed by atoms with Crippen LogP contribution >= 0.6 is 0 Å². The highest BCUT2D eigenvalue weighted by molar-refractivity contribution is 5.95. The quantitative estimate of drug-likeness (QED) is 0.704. The second-order valence-corrected chi connectivity index (χ2v) is 8.19. The third kappa shape index (κ3) is 1.75. The standard InChI is InChI=1S/C21H23NO5/c1-3-7-22-8-6-20-16-12-4-5-14(24)18(16)27-19(20)17(25)13(11(2)23)10-21(20,26)15(22)9-12/h3-5,15,19,24-26H,1,6-10H2,2H3/t15-,19+,20+,21-/m1/s1. The van der Waals surface area contributed by atoms with Crippen LogP contribution in [-0.2, 0) is 16.6 Å². The molecule has 0 aromatic heterocycles. The van der Waals surface area contributed by atoms with Crippen LogP contribution < -0.4 is 4.74 Å². The summed E-state index contributed by atoms with van der Waals surface area (Å²) in [4.78, 5) is 14.4. The largest absolute Gasteiger partial charge is 0.508 e. The molecule has 1 aromatic carbocycles. The van der Waals surface area contributed by atoms with E-state index in [2.05, 4.69) is 11.5 Å². The Labute approximate surface area is 157 Å². The second-order valence-electron chi connectivity index (χ2n) is 8.19. The van der Waals surface area contributed by atoms with Crippen molar-refractivity contribution < 1.29 is 24.9 Å². The van der Waals surface area contributed by atoms with Gasteiger partial charge in [0.2, 0.25) is 0 Å². The Morgan fingerprint density at radius 2 is 2.22 bits per heavy atom. The maximum absolute atomic E-state index is 12.2. The van der Waals surface area contributed by atoms with Crippen molar-refractivity contribution in [2.45, 2.75) is 49.3 Å². The van der Waals surface area contributed by atoms with Crippen LogP contribution in [0.25, 0.3) is 0 Å². The van der Waals surface area contributed by atoms with E-state index < -0.39 is 17.1 Å². The van der Waals surface area contributed by atoms with Gasteiger partial charge in [0.1, 0.15) is 5.76 Å². The van der Waals surface area contributed by atoms with Gasteiger partial charge in [-0.2, -0.15) is 0 Å². The van der Waals surface area contributed by atoms with Crippen LogP contribution in [0.4, 0.5) is 0 Å². The number of aliphatic hydroxyl groups excluding tert-OH is 1. The van der Waals surface area contributed by atoms with E-state index in [1.54, 1.807) is 6.07 Å². The molecule has 0 unspecified atom stereocenters. The number of aliphatic hydroxyl groups is 2. The number of phenols is 1. The van der Waals surface area contributed by atoms with Gasteiger partial charge in [-0.1, -0.05) is 12.1 Å². The number of likely N-dealkylation sites (tertiary alicyclic amines) is 1. The zero-order valence-corrected chi connectivity index (χ0v) is 15.2. The highest BCUT2D eigenvalue weighted by atomic mass is 16.5. The first kappa shape index (κ1) is 16.8. The molecule has 1 aromatic rings. The second kappa shape index (κ2) is 5.14. The number of Topliss-reactive ketones (excluding diaryl/α,β-unsaturated/α-hetero) is 1. The predicted octanol–water partition coefficient (Wildman–Crippen LogP) is 1.74. The van der Waals surface area contributed by atoms with Crippen molar-refractivity contribution in [3.8, 4) is 11.5 Å². The van der Waals surface area contributed by atoms with Gasteiger partial charge in [-0.05, 0) is 31.4 Å². The lowest BCUT2D eigenvalue weighted by atomic mass is 9.49. The average Bonchev–Trinajstić information content (AvgIpc) is 2.97. The fourth-order valence-corrected chi connectivity index (χ4v) is 6.01. The molecule has 2 heterocycles. The average molecular weight is 369 g/mol. The molecule has 142 valence electrons. The zero-order valence-electron chi connectivity index (χ0n) is 15.2. The Hall–Kier alpha value is -2.31. The molecule has 5 rings (SSSR count). The van der Waals surface area contributed by atoms with E-state index in [-0.39, 0.29) is 35.3 Å². The Kier molecular flexibility index (Phi) is 3.21. The molecule has 1 spiro atoms. The van der Waals surface area contributed by atoms with E-state index in [4.69, 9.17) is 4.74 Å². The van der Waals surface area contributed by atoms with Gasteiger partial charge in [0.05, 0.1) is 11.0 Å². The van der Waals surface area contributed by atoms with Crippen LogP contribution in [0.5, 0.6) is 11.5 Å². The van der Waals surface area contributed by atoms with E-state index in [1.165, 1.54) is 6.92 Å². The molecule has 0 saturated carbocycles. The Morgan fingerprint density at radius 1 is 1.44 bits per heavy atom. The number of carbonyl (C=O) groups is 1. The molecule has 6 nitrogen and oxygen atoms in total. The normalized spacial score (nSPS) is 36.2. The first-order valence-corrected chi connectivity index (χ1v) is 9.37. The van der Waals surface area contributed by atoms with Gasteiger partial charge in [-0.15, -0.1) is 6.58 Å². The third-order valence-corrected chi connectivity index (χ3v) is 7.12. The number of nitrogens with zero attached hydrogens (tertiary/aromatic N) is 1. The topological polar surface area (TPSA) is 90.2 Å². The molecule has 6 heteroatoms. The molecule has 2 bridgehead atoms. The lowest BCUT2D eigenvalue weighted by Crippen LogP contribution is -2.75. The molecular weight excluding hydrogens is 346 g/mol. The molecule has 2 aliphatic carbocycles. The number of rotatable bonds is 3. The first-order chi connectivity index (χ1) is 12.8. The van der Waals surface area contributed by atoms with E-state index in [9.17, 15) is 20.1 Å². The number of ether oxygens (including phenoxy) is 1. The summed E-state index contributed by atoms with van der Waals surface area (Å²) >= 11 is 0. The molecular formula is C21H23NO5. The van der Waals surface area contributed by atoms with Crippen molar-refractivity contribution in [1.29, 1.82) is 0 Å². The summed E-state index contributed by atoms with van der Waals surface area (Å²) in [6, 6.07) is 3.26. The van der Waals surface area contributed by atoms with Crippen LogP contribution in [0.3, 0.4) is 0 Å². The van der Waals surface area contributed by atoms with Gasteiger partial charge in [0, 0.05) is 36.7 Å². The van der Waals surface area contributed by atoms with Crippen LogP contribution in [0, 0.1) is 0 Å². The number of benzene rings is 1. The molecule has 4 atom stereocenters. The summed E-state index contributed by atoms with van der Waals surface area (Å²) in [7, 11) is 0. The number of hydrogen-bond acceptors (Lipinski definition) is 6. The molecule has 1 fully saturated rings. The maximum Gasteiger partial charge on any atom is 0.168 e. The predicted molar refractivity (Wildman–Crippen MR) is 98.0 cm³/mol. The van der Waals surface area contributed by atoms with Crippen LogP contribution in [-0.4, -0.2) is 56.8 Å². The Balaban J connectivity index is 1.83. The number of phenolic OH excluding ortho intramolecular Hbond substituents is 1. The fourth-order valence-electron chi connectivity index (χ4n) is 6.01. The number of hydrogen-bond donors (Lipinski definition) is 3. The van der Waals surface area contributed by atoms with Crippen LogP contribution in [0.2, 0.25) is 0 Å². The Bertz CT molecular complexity index is 921. The SMILES string of the molecule is C=CCN1CC[C@]23c4c5ccc(O)c4O[C@H]2C(O)=C(C(C)=O)C[C@@]3(O)[C@H]1C5. The molecule has 1 saturated heterocycles. The summed E-state index contributed by atoms with van der Waals surface area (Å²) in [6.07, 6.45) is 2.21. The highest BCUT2D eigenvalue weighted by Gasteiger charge is 2.73. The minimum Gasteiger partial charge on any atom is -0.508 e. The maximum atomic E-state index is 12.2. The van der Waals surface area contributed by atoms with Crippen molar-refractivity contribution in [3.05, 3.63) is 47.2 Å². The summed E-state index contributed by atoms with van der Waals surface area (Å²) in [5.41, 5.74) is -0.0797. The van der Waals surface area contributed by atoms with Crippen molar-refractivity contribution in [2.75, 3.05) is 13.1 Å². The smallest absolute Gasteiger partial charge is 0.168 e. The molecule has 0 radical (unpaired) electrons. The van der Waals surface area contributed by atoms with Gasteiger partial charge in [0.25, 0.3) is 0 Å². The minimum atomic E-state index is -1.27. The summed E-state index contributed by atoms with van der Waals surface area (Å²) in [6.45, 7) is 6.60. The number of ketones is 1. The van der Waals surface area contributed by atoms with Gasteiger partial charge in [-0.25, -0.2) is 0 Å². The summed E-state index contributed by atoms with van der Waals surface area (Å²) in [5.74, 6) is -0.0304. The van der Waals surface area contributed by atoms with Gasteiger partial charge in [0.15, 0.2) is 23.4 Å². The molecule has 0 amide bonds. The first-order valence-electron chi connectivity index (χ1n) is 9.37. The lowest BCUT2D eigenvalue weighted by Gasteiger charge is -2.62. The number of piperidine rings is 1. The van der Waals surface area contributed by atoms with Crippen molar-refractivity contribution in [2.24, 2.45) is 0 Å². The zero-order chi connectivity index (χ0) is 19.1.